The Kier molecular flexibility index (Phi) is 5.25. The summed E-state index contributed by atoms with van der Waals surface area (Å²) in [5, 5.41) is 6.34. The molecule has 0 saturated carbocycles. The maximum atomic E-state index is 4.56. The number of aromatic nitrogens is 1. The monoisotopic (exact) mass is 462 g/mol. The number of thiazole rings is 1. The summed E-state index contributed by atoms with van der Waals surface area (Å²) in [5.41, 5.74) is 5.58. The van der Waals surface area contributed by atoms with Gasteiger partial charge in [-0.1, -0.05) is 90.7 Å². The van der Waals surface area contributed by atoms with Crippen LogP contribution in [-0.4, -0.2) is 11.5 Å². The quantitative estimate of drug-likeness (QED) is 0.249. The zero-order valence-corrected chi connectivity index (χ0v) is 19.9. The number of nitrogens with zero attached hydrogens (tertiary/aromatic N) is 2. The minimum atomic E-state index is 0.949. The number of hydrogen-bond donors (Lipinski definition) is 0. The highest BCUT2D eigenvalue weighted by Crippen LogP contribution is 2.49. The molecule has 33 heavy (non-hydrogen) atoms. The van der Waals surface area contributed by atoms with Crippen molar-refractivity contribution in [3.63, 3.8) is 0 Å². The van der Waals surface area contributed by atoms with Gasteiger partial charge in [0, 0.05) is 22.2 Å². The van der Waals surface area contributed by atoms with E-state index in [1.165, 1.54) is 47.4 Å². The molecule has 0 saturated heterocycles. The summed E-state index contributed by atoms with van der Waals surface area (Å²) >= 11 is 3.54. The van der Waals surface area contributed by atoms with Crippen LogP contribution in [-0.2, 0) is 0 Å². The maximum Gasteiger partial charge on any atom is 0.0890 e. The second-order valence-electron chi connectivity index (χ2n) is 7.94. The highest BCUT2D eigenvalue weighted by atomic mass is 32.2. The number of benzene rings is 4. The lowest BCUT2D eigenvalue weighted by Gasteiger charge is -2.19. The average molecular weight is 463 g/mol. The summed E-state index contributed by atoms with van der Waals surface area (Å²) in [6.07, 6.45) is 10.8. The molecule has 2 heterocycles. The summed E-state index contributed by atoms with van der Waals surface area (Å²) in [6.45, 7) is 3.17. The Balaban J connectivity index is 1.29. The summed E-state index contributed by atoms with van der Waals surface area (Å²) in [6, 6.07) is 23.9. The first kappa shape index (κ1) is 20.3. The van der Waals surface area contributed by atoms with Crippen LogP contribution in [0.15, 0.2) is 106 Å². The lowest BCUT2D eigenvalue weighted by molar-refractivity contribution is 1.01. The third-order valence-electron chi connectivity index (χ3n) is 6.04. The molecule has 0 bridgehead atoms. The molecule has 0 radical (unpaired) electrons. The van der Waals surface area contributed by atoms with Crippen LogP contribution in [0.25, 0.3) is 37.8 Å². The van der Waals surface area contributed by atoms with Crippen LogP contribution in [0.1, 0.15) is 12.5 Å². The predicted molar refractivity (Wildman–Crippen MR) is 146 cm³/mol. The lowest BCUT2D eigenvalue weighted by atomic mass is 10.0. The van der Waals surface area contributed by atoms with Crippen LogP contribution in [0.4, 0.5) is 5.69 Å². The van der Waals surface area contributed by atoms with Crippen LogP contribution in [0.5, 0.6) is 0 Å². The Labute approximate surface area is 201 Å². The fourth-order valence-electron chi connectivity index (χ4n) is 4.53. The molecule has 0 spiro atoms. The average Bonchev–Trinajstić information content (AvgIpc) is 3.48. The van der Waals surface area contributed by atoms with Crippen molar-refractivity contribution < 1.29 is 0 Å². The lowest BCUT2D eigenvalue weighted by Crippen LogP contribution is -2.16. The third kappa shape index (κ3) is 3.56. The highest BCUT2D eigenvalue weighted by Gasteiger charge is 2.25. The summed E-state index contributed by atoms with van der Waals surface area (Å²) in [5.74, 6) is 0. The second-order valence-corrected chi connectivity index (χ2v) is 9.89. The topological polar surface area (TPSA) is 16.1 Å². The predicted octanol–water partition coefficient (Wildman–Crippen LogP) is 8.65. The van der Waals surface area contributed by atoms with Crippen LogP contribution < -0.4 is 4.90 Å². The fourth-order valence-corrected chi connectivity index (χ4v) is 6.43. The number of allylic oxidation sites excluding steroid dienone is 4. The zero-order chi connectivity index (χ0) is 22.2. The summed E-state index contributed by atoms with van der Waals surface area (Å²) < 4.78 is 1.23. The molecule has 5 aromatic rings. The molecule has 0 amide bonds. The van der Waals surface area contributed by atoms with Gasteiger partial charge in [0.15, 0.2) is 0 Å². The van der Waals surface area contributed by atoms with Crippen molar-refractivity contribution in [1.29, 1.82) is 0 Å². The van der Waals surface area contributed by atoms with E-state index in [2.05, 4.69) is 114 Å². The molecule has 0 N–H and O–H groups in total. The Bertz CT molecular complexity index is 1590. The van der Waals surface area contributed by atoms with Gasteiger partial charge < -0.3 is 4.90 Å². The van der Waals surface area contributed by atoms with E-state index in [0.717, 1.165) is 12.1 Å². The van der Waals surface area contributed by atoms with E-state index in [0.29, 0.717) is 0 Å². The normalized spacial score (nSPS) is 15.2. The van der Waals surface area contributed by atoms with E-state index in [4.69, 9.17) is 0 Å². The van der Waals surface area contributed by atoms with Gasteiger partial charge in [-0.3, -0.25) is 0 Å². The van der Waals surface area contributed by atoms with Gasteiger partial charge in [0.05, 0.1) is 26.4 Å². The molecule has 2 nitrogen and oxygen atoms in total. The molecule has 4 aromatic carbocycles. The van der Waals surface area contributed by atoms with E-state index in [9.17, 15) is 0 Å². The standard InChI is InChI=1S/C29H22N2S2/c1-2-31-27(33-25-17-16-20-10-6-7-13-23(20)29(25)31)15-5-3-4-11-21-18-26-28(30-19-32-26)24-14-9-8-12-22(21)24/h3-19H,2H2,1H3. The van der Waals surface area contributed by atoms with Crippen LogP contribution in [0.2, 0.25) is 0 Å². The fraction of sp³-hybridized carbons (Fsp3) is 0.0690. The van der Waals surface area contributed by atoms with Crippen LogP contribution in [0, 0.1) is 0 Å². The van der Waals surface area contributed by atoms with E-state index < -0.39 is 0 Å². The molecule has 1 aliphatic heterocycles. The first-order chi connectivity index (χ1) is 16.3. The van der Waals surface area contributed by atoms with Crippen molar-refractivity contribution in [2.45, 2.75) is 11.8 Å². The van der Waals surface area contributed by atoms with Crippen molar-refractivity contribution >= 4 is 66.6 Å². The molecule has 160 valence electrons. The third-order valence-corrected chi connectivity index (χ3v) is 7.93. The van der Waals surface area contributed by atoms with E-state index in [-0.39, 0.29) is 0 Å². The second kappa shape index (κ2) is 8.54. The van der Waals surface area contributed by atoms with Crippen molar-refractivity contribution in [2.75, 3.05) is 11.4 Å². The van der Waals surface area contributed by atoms with Crippen molar-refractivity contribution in [3.8, 4) is 0 Å². The van der Waals surface area contributed by atoms with Gasteiger partial charge in [0.25, 0.3) is 0 Å². The van der Waals surface area contributed by atoms with Crippen molar-refractivity contribution in [2.24, 2.45) is 0 Å². The Morgan fingerprint density at radius 3 is 2.58 bits per heavy atom. The van der Waals surface area contributed by atoms with Crippen molar-refractivity contribution in [1.82, 2.24) is 4.98 Å². The van der Waals surface area contributed by atoms with E-state index >= 15 is 0 Å². The summed E-state index contributed by atoms with van der Waals surface area (Å²) in [4.78, 5) is 8.31. The van der Waals surface area contributed by atoms with E-state index in [1.54, 1.807) is 11.3 Å². The zero-order valence-electron chi connectivity index (χ0n) is 18.2. The maximum absolute atomic E-state index is 4.56. The molecule has 0 unspecified atom stereocenters. The molecule has 1 aliphatic rings. The number of thioether (sulfide) groups is 1. The molecule has 0 atom stereocenters. The van der Waals surface area contributed by atoms with Gasteiger partial charge in [0.1, 0.15) is 0 Å². The molecule has 0 aliphatic carbocycles. The SMILES string of the molecule is CCN1C(=CC=CC=Cc2cc3scnc3c3ccccc23)Sc2ccc3ccccc3c21. The Morgan fingerprint density at radius 1 is 0.879 bits per heavy atom. The first-order valence-electron chi connectivity index (χ1n) is 11.1. The van der Waals surface area contributed by atoms with Gasteiger partial charge in [-0.2, -0.15) is 0 Å². The number of rotatable bonds is 4. The van der Waals surface area contributed by atoms with Crippen LogP contribution in [0.3, 0.4) is 0 Å². The smallest absolute Gasteiger partial charge is 0.0890 e. The van der Waals surface area contributed by atoms with Crippen LogP contribution >= 0.6 is 23.1 Å². The molecule has 6 rings (SSSR count). The molecule has 4 heteroatoms. The molecular formula is C29H22N2S2. The van der Waals surface area contributed by atoms with Gasteiger partial charge in [-0.15, -0.1) is 11.3 Å². The van der Waals surface area contributed by atoms with Crippen molar-refractivity contribution in [3.05, 3.63) is 107 Å². The number of fused-ring (bicyclic) bond motifs is 6. The van der Waals surface area contributed by atoms with Gasteiger partial charge in [-0.05, 0) is 41.5 Å². The molecular weight excluding hydrogens is 440 g/mol. The Morgan fingerprint density at radius 2 is 1.70 bits per heavy atom. The van der Waals surface area contributed by atoms with Gasteiger partial charge in [0.2, 0.25) is 0 Å². The summed E-state index contributed by atoms with van der Waals surface area (Å²) in [7, 11) is 0. The van der Waals surface area contributed by atoms with E-state index in [1.807, 2.05) is 17.3 Å². The number of hydrogen-bond acceptors (Lipinski definition) is 4. The first-order valence-corrected chi connectivity index (χ1v) is 12.8. The minimum Gasteiger partial charge on any atom is -0.335 e. The minimum absolute atomic E-state index is 0.949. The Hall–Kier alpha value is -3.34. The van der Waals surface area contributed by atoms with Gasteiger partial charge >= 0.3 is 0 Å². The highest BCUT2D eigenvalue weighted by molar-refractivity contribution is 8.03. The van der Waals surface area contributed by atoms with Gasteiger partial charge in [-0.25, -0.2) is 4.98 Å². The molecule has 0 fully saturated rings. The largest absolute Gasteiger partial charge is 0.335 e. The molecule has 1 aromatic heterocycles. The number of anilines is 1.